The molecule has 114 valence electrons. The van der Waals surface area contributed by atoms with E-state index in [0.717, 1.165) is 10.6 Å². The van der Waals surface area contributed by atoms with Crippen molar-refractivity contribution in [1.82, 2.24) is 4.31 Å². The Labute approximate surface area is 126 Å². The molecule has 0 aliphatic heterocycles. The quantitative estimate of drug-likeness (QED) is 0.591. The predicted octanol–water partition coefficient (Wildman–Crippen LogP) is 2.67. The van der Waals surface area contributed by atoms with E-state index in [9.17, 15) is 8.42 Å². The molecule has 0 spiro atoms. The molecule has 0 heterocycles. The number of nitrogens with two attached hydrogens (primary N) is 1. The minimum atomic E-state index is -3.16. The topological polar surface area (TPSA) is 63.4 Å². The van der Waals surface area contributed by atoms with Crippen molar-refractivity contribution in [1.29, 1.82) is 0 Å². The van der Waals surface area contributed by atoms with Crippen LogP contribution in [0.15, 0.2) is 29.2 Å². The van der Waals surface area contributed by atoms with E-state index >= 15 is 0 Å². The standard InChI is InChI=1S/C14H24N2O2S2/c1-4-16(11-12(2)3)20(17,18)10-9-19-14-7-5-13(15)6-8-14/h5-8,12H,4,9-11,15H2,1-3H3. The van der Waals surface area contributed by atoms with Crippen LogP contribution >= 0.6 is 11.8 Å². The summed E-state index contributed by atoms with van der Waals surface area (Å²) in [5.74, 6) is 1.07. The van der Waals surface area contributed by atoms with E-state index < -0.39 is 10.0 Å². The van der Waals surface area contributed by atoms with E-state index in [1.165, 1.54) is 0 Å². The van der Waals surface area contributed by atoms with Crippen molar-refractivity contribution in [3.63, 3.8) is 0 Å². The summed E-state index contributed by atoms with van der Waals surface area (Å²) in [6, 6.07) is 7.48. The fraction of sp³-hybridized carbons (Fsp3) is 0.571. The first-order chi connectivity index (χ1) is 9.35. The smallest absolute Gasteiger partial charge is 0.214 e. The van der Waals surface area contributed by atoms with E-state index in [-0.39, 0.29) is 5.75 Å². The van der Waals surface area contributed by atoms with Gasteiger partial charge in [-0.2, -0.15) is 0 Å². The molecular weight excluding hydrogens is 292 g/mol. The molecule has 0 aliphatic carbocycles. The van der Waals surface area contributed by atoms with E-state index in [2.05, 4.69) is 0 Å². The van der Waals surface area contributed by atoms with Crippen molar-refractivity contribution >= 4 is 27.5 Å². The Kier molecular flexibility index (Phi) is 6.85. The van der Waals surface area contributed by atoms with Gasteiger partial charge in [-0.05, 0) is 30.2 Å². The first-order valence-electron chi connectivity index (χ1n) is 6.81. The maximum atomic E-state index is 12.2. The number of rotatable bonds is 8. The lowest BCUT2D eigenvalue weighted by Crippen LogP contribution is -2.36. The summed E-state index contributed by atoms with van der Waals surface area (Å²) in [6.07, 6.45) is 0. The van der Waals surface area contributed by atoms with Crippen LogP contribution in [0, 0.1) is 5.92 Å². The lowest BCUT2D eigenvalue weighted by atomic mass is 10.2. The largest absolute Gasteiger partial charge is 0.399 e. The van der Waals surface area contributed by atoms with Crippen LogP contribution in [0.4, 0.5) is 5.69 Å². The van der Waals surface area contributed by atoms with Gasteiger partial charge in [0, 0.05) is 29.4 Å². The summed E-state index contributed by atoms with van der Waals surface area (Å²) in [7, 11) is -3.16. The van der Waals surface area contributed by atoms with E-state index in [1.807, 2.05) is 45.0 Å². The van der Waals surface area contributed by atoms with Gasteiger partial charge in [0.05, 0.1) is 5.75 Å². The van der Waals surface area contributed by atoms with Crippen LogP contribution in [0.1, 0.15) is 20.8 Å². The zero-order chi connectivity index (χ0) is 15.2. The molecule has 6 heteroatoms. The molecule has 0 unspecified atom stereocenters. The van der Waals surface area contributed by atoms with Crippen molar-refractivity contribution in [3.8, 4) is 0 Å². The summed E-state index contributed by atoms with van der Waals surface area (Å²) in [4.78, 5) is 1.04. The molecule has 2 N–H and O–H groups in total. The predicted molar refractivity (Wildman–Crippen MR) is 87.5 cm³/mol. The third-order valence-corrected chi connectivity index (χ3v) is 5.99. The van der Waals surface area contributed by atoms with Crippen LogP contribution in [0.2, 0.25) is 0 Å². The summed E-state index contributed by atoms with van der Waals surface area (Å²) in [5.41, 5.74) is 6.34. The van der Waals surface area contributed by atoms with Gasteiger partial charge in [-0.25, -0.2) is 12.7 Å². The average molecular weight is 316 g/mol. The summed E-state index contributed by atoms with van der Waals surface area (Å²) >= 11 is 1.54. The van der Waals surface area contributed by atoms with Crippen molar-refractivity contribution in [3.05, 3.63) is 24.3 Å². The molecule has 0 aliphatic rings. The van der Waals surface area contributed by atoms with Crippen LogP contribution in [0.25, 0.3) is 0 Å². The number of thioether (sulfide) groups is 1. The second kappa shape index (κ2) is 7.90. The maximum Gasteiger partial charge on any atom is 0.214 e. The highest BCUT2D eigenvalue weighted by Crippen LogP contribution is 2.20. The Morgan fingerprint density at radius 1 is 1.25 bits per heavy atom. The molecule has 0 atom stereocenters. The highest BCUT2D eigenvalue weighted by Gasteiger charge is 2.20. The molecule has 0 saturated carbocycles. The summed E-state index contributed by atoms with van der Waals surface area (Å²) in [6.45, 7) is 7.06. The van der Waals surface area contributed by atoms with Crippen LogP contribution in [-0.2, 0) is 10.0 Å². The van der Waals surface area contributed by atoms with Gasteiger partial charge in [-0.1, -0.05) is 20.8 Å². The van der Waals surface area contributed by atoms with Crippen LogP contribution < -0.4 is 5.73 Å². The molecule has 1 aromatic rings. The Balaban J connectivity index is 2.52. The number of nitrogens with zero attached hydrogens (tertiary/aromatic N) is 1. The van der Waals surface area contributed by atoms with Crippen LogP contribution in [-0.4, -0.2) is 37.3 Å². The Hall–Kier alpha value is -0.720. The van der Waals surface area contributed by atoms with Crippen molar-refractivity contribution in [2.75, 3.05) is 30.3 Å². The van der Waals surface area contributed by atoms with Crippen molar-refractivity contribution < 1.29 is 8.42 Å². The molecule has 0 saturated heterocycles. The van der Waals surface area contributed by atoms with Gasteiger partial charge in [-0.15, -0.1) is 11.8 Å². The summed E-state index contributed by atoms with van der Waals surface area (Å²) < 4.78 is 26.0. The zero-order valence-electron chi connectivity index (χ0n) is 12.4. The molecular formula is C14H24N2O2S2. The fourth-order valence-corrected chi connectivity index (χ4v) is 4.72. The Bertz CT molecular complexity index is 498. The van der Waals surface area contributed by atoms with Gasteiger partial charge in [0.2, 0.25) is 10.0 Å². The molecule has 1 rings (SSSR count). The van der Waals surface area contributed by atoms with E-state index in [0.29, 0.717) is 24.8 Å². The Morgan fingerprint density at radius 2 is 1.85 bits per heavy atom. The lowest BCUT2D eigenvalue weighted by Gasteiger charge is -2.22. The molecule has 0 fully saturated rings. The molecule has 20 heavy (non-hydrogen) atoms. The number of hydrogen-bond acceptors (Lipinski definition) is 4. The highest BCUT2D eigenvalue weighted by atomic mass is 32.2. The third-order valence-electron chi connectivity index (χ3n) is 2.80. The van der Waals surface area contributed by atoms with Crippen molar-refractivity contribution in [2.24, 2.45) is 5.92 Å². The fourth-order valence-electron chi connectivity index (χ4n) is 1.80. The second-order valence-electron chi connectivity index (χ2n) is 5.08. The first kappa shape index (κ1) is 17.3. The lowest BCUT2D eigenvalue weighted by molar-refractivity contribution is 0.381. The normalized spacial score (nSPS) is 12.2. The first-order valence-corrected chi connectivity index (χ1v) is 9.40. The third kappa shape index (κ3) is 5.73. The second-order valence-corrected chi connectivity index (χ2v) is 8.33. The summed E-state index contributed by atoms with van der Waals surface area (Å²) in [5, 5.41) is 0. The highest BCUT2D eigenvalue weighted by molar-refractivity contribution is 8.00. The number of anilines is 1. The van der Waals surface area contributed by atoms with Gasteiger partial charge in [0.1, 0.15) is 0 Å². The SMILES string of the molecule is CCN(CC(C)C)S(=O)(=O)CCSc1ccc(N)cc1. The molecule has 4 nitrogen and oxygen atoms in total. The minimum absolute atomic E-state index is 0.169. The van der Waals surface area contributed by atoms with Crippen LogP contribution in [0.5, 0.6) is 0 Å². The van der Waals surface area contributed by atoms with Gasteiger partial charge < -0.3 is 5.73 Å². The maximum absolute atomic E-state index is 12.2. The van der Waals surface area contributed by atoms with E-state index in [4.69, 9.17) is 5.73 Å². The van der Waals surface area contributed by atoms with Gasteiger partial charge in [-0.3, -0.25) is 0 Å². The van der Waals surface area contributed by atoms with Gasteiger partial charge in [0.25, 0.3) is 0 Å². The van der Waals surface area contributed by atoms with Crippen molar-refractivity contribution in [2.45, 2.75) is 25.7 Å². The molecule has 0 radical (unpaired) electrons. The number of hydrogen-bond donors (Lipinski definition) is 1. The monoisotopic (exact) mass is 316 g/mol. The molecule has 0 bridgehead atoms. The van der Waals surface area contributed by atoms with Gasteiger partial charge in [0.15, 0.2) is 0 Å². The molecule has 0 amide bonds. The van der Waals surface area contributed by atoms with E-state index in [1.54, 1.807) is 16.1 Å². The number of sulfonamides is 1. The molecule has 0 aromatic heterocycles. The van der Waals surface area contributed by atoms with Crippen LogP contribution in [0.3, 0.4) is 0 Å². The minimum Gasteiger partial charge on any atom is -0.399 e. The van der Waals surface area contributed by atoms with Gasteiger partial charge >= 0.3 is 0 Å². The molecule has 1 aromatic carbocycles. The number of nitrogen functional groups attached to an aromatic ring is 1. The number of benzene rings is 1. The zero-order valence-corrected chi connectivity index (χ0v) is 14.0. The average Bonchev–Trinajstić information content (AvgIpc) is 2.37. The Morgan fingerprint density at radius 3 is 2.35 bits per heavy atom.